The van der Waals surface area contributed by atoms with Crippen molar-refractivity contribution in [1.29, 1.82) is 0 Å². The van der Waals surface area contributed by atoms with Gasteiger partial charge in [0.15, 0.2) is 17.2 Å². The van der Waals surface area contributed by atoms with E-state index in [4.69, 9.17) is 18.7 Å². The first-order chi connectivity index (χ1) is 16.0. The number of anilines is 3. The minimum atomic E-state index is 0.217. The zero-order valence-corrected chi connectivity index (χ0v) is 19.6. The van der Waals surface area contributed by atoms with Crippen molar-refractivity contribution in [2.45, 2.75) is 30.1 Å². The average Bonchev–Trinajstić information content (AvgIpc) is 3.22. The quantitative estimate of drug-likeness (QED) is 0.275. The molecule has 0 bridgehead atoms. The van der Waals surface area contributed by atoms with Gasteiger partial charge in [0.05, 0.1) is 32.4 Å². The molecule has 33 heavy (non-hydrogen) atoms. The van der Waals surface area contributed by atoms with Gasteiger partial charge in [-0.2, -0.15) is 5.10 Å². The third-order valence-corrected chi connectivity index (χ3v) is 6.82. The Labute approximate surface area is 195 Å². The summed E-state index contributed by atoms with van der Waals surface area (Å²) < 4.78 is 25.4. The fraction of sp³-hybridized carbons (Fsp3) is 0.304. The Bertz CT molecular complexity index is 1280. The molecule has 0 radical (unpaired) electrons. The Morgan fingerprint density at radius 3 is 2.42 bits per heavy atom. The molecule has 0 amide bonds. The smallest absolute Gasteiger partial charge is 0.187 e. The summed E-state index contributed by atoms with van der Waals surface area (Å²) in [7, 11) is 4.87. The number of benzene rings is 2. The van der Waals surface area contributed by atoms with Crippen LogP contribution in [0.1, 0.15) is 25.5 Å². The second-order valence-corrected chi connectivity index (χ2v) is 8.94. The summed E-state index contributed by atoms with van der Waals surface area (Å²) in [6.45, 7) is 2.23. The highest BCUT2D eigenvalue weighted by Crippen LogP contribution is 2.47. The monoisotopic (exact) mass is 467 g/mol. The maximum absolute atomic E-state index is 5.63. The lowest BCUT2D eigenvalue weighted by Gasteiger charge is -2.12. The lowest BCUT2D eigenvalue weighted by molar-refractivity contribution is 0.376. The molecule has 2 heterocycles. The number of rotatable bonds is 9. The Hall–Kier alpha value is -3.53. The van der Waals surface area contributed by atoms with Crippen molar-refractivity contribution in [3.63, 3.8) is 0 Å². The maximum Gasteiger partial charge on any atom is 0.187 e. The van der Waals surface area contributed by atoms with Gasteiger partial charge in [0.1, 0.15) is 22.1 Å². The predicted molar refractivity (Wildman–Crippen MR) is 128 cm³/mol. The summed E-state index contributed by atoms with van der Waals surface area (Å²) in [6.07, 6.45) is 2.35. The van der Waals surface area contributed by atoms with Gasteiger partial charge in [0.25, 0.3) is 0 Å². The van der Waals surface area contributed by atoms with Crippen molar-refractivity contribution in [3.8, 4) is 17.2 Å². The first kappa shape index (κ1) is 21.3. The lowest BCUT2D eigenvalue weighted by Crippen LogP contribution is -1.99. The van der Waals surface area contributed by atoms with Gasteiger partial charge in [0, 0.05) is 23.2 Å². The van der Waals surface area contributed by atoms with Gasteiger partial charge >= 0.3 is 0 Å². The molecule has 10 heteroatoms. The van der Waals surface area contributed by atoms with Crippen molar-refractivity contribution >= 4 is 40.2 Å². The van der Waals surface area contributed by atoms with Crippen LogP contribution in [0.2, 0.25) is 0 Å². The number of nitrogens with zero attached hydrogens (tertiary/aromatic N) is 2. The number of hydrogen-bond donors (Lipinski definition) is 3. The molecule has 0 atom stereocenters. The standard InChI is InChI=1S/C23H25N5O4S/c1-23(8-9-23)19-12-20(26-25-19)24-14-11-17-13(10-18(14)31-4)22(27-32-17)28-33-21-15(29-2)6-5-7-16(21)30-3/h5-7,10-12H,8-9H2,1-4H3,(H,27,28)(H2,24,25,26). The van der Waals surface area contributed by atoms with E-state index in [-0.39, 0.29) is 5.41 Å². The van der Waals surface area contributed by atoms with E-state index in [9.17, 15) is 0 Å². The van der Waals surface area contributed by atoms with Gasteiger partial charge in [-0.25, -0.2) is 0 Å². The highest BCUT2D eigenvalue weighted by Gasteiger charge is 2.40. The van der Waals surface area contributed by atoms with E-state index < -0.39 is 0 Å². The van der Waals surface area contributed by atoms with Crippen molar-refractivity contribution in [1.82, 2.24) is 15.4 Å². The third kappa shape index (κ3) is 4.02. The van der Waals surface area contributed by atoms with Crippen LogP contribution in [0.5, 0.6) is 17.2 Å². The van der Waals surface area contributed by atoms with Crippen molar-refractivity contribution < 1.29 is 18.7 Å². The fourth-order valence-electron chi connectivity index (χ4n) is 3.61. The van der Waals surface area contributed by atoms with Gasteiger partial charge in [-0.05, 0) is 43.0 Å². The van der Waals surface area contributed by atoms with Crippen molar-refractivity contribution in [3.05, 3.63) is 42.1 Å². The Morgan fingerprint density at radius 1 is 1.03 bits per heavy atom. The van der Waals surface area contributed by atoms with Crippen LogP contribution in [-0.2, 0) is 5.41 Å². The van der Waals surface area contributed by atoms with Crippen molar-refractivity contribution in [2.24, 2.45) is 0 Å². The van der Waals surface area contributed by atoms with E-state index >= 15 is 0 Å². The first-order valence-corrected chi connectivity index (χ1v) is 11.3. The van der Waals surface area contributed by atoms with Crippen LogP contribution in [0.15, 0.2) is 45.8 Å². The van der Waals surface area contributed by atoms with Crippen LogP contribution >= 0.6 is 11.9 Å². The number of fused-ring (bicyclic) bond motifs is 1. The largest absolute Gasteiger partial charge is 0.495 e. The summed E-state index contributed by atoms with van der Waals surface area (Å²) in [6, 6.07) is 11.4. The molecular weight excluding hydrogens is 442 g/mol. The molecule has 9 nitrogen and oxygen atoms in total. The van der Waals surface area contributed by atoms with E-state index in [1.165, 1.54) is 24.8 Å². The number of nitrogens with one attached hydrogen (secondary N) is 3. The second-order valence-electron chi connectivity index (χ2n) is 8.13. The summed E-state index contributed by atoms with van der Waals surface area (Å²) >= 11 is 1.33. The SMILES string of the molecule is COc1cc2c(NSc3c(OC)cccc3OC)noc2cc1Nc1cc(C2(C)CC2)[nH]n1. The van der Waals surface area contributed by atoms with E-state index in [1.807, 2.05) is 36.4 Å². The highest BCUT2D eigenvalue weighted by molar-refractivity contribution is 8.00. The number of aromatic nitrogens is 3. The van der Waals surface area contributed by atoms with E-state index in [0.717, 1.165) is 27.5 Å². The Kier molecular flexibility index (Phi) is 5.45. The summed E-state index contributed by atoms with van der Waals surface area (Å²) in [4.78, 5) is 0.808. The zero-order valence-electron chi connectivity index (χ0n) is 18.8. The molecule has 4 aromatic rings. The van der Waals surface area contributed by atoms with Crippen molar-refractivity contribution in [2.75, 3.05) is 31.4 Å². The molecule has 2 aromatic carbocycles. The molecule has 172 valence electrons. The minimum absolute atomic E-state index is 0.217. The van der Waals surface area contributed by atoms with E-state index in [1.54, 1.807) is 21.3 Å². The van der Waals surface area contributed by atoms with Crippen LogP contribution < -0.4 is 24.2 Å². The van der Waals surface area contributed by atoms with Gasteiger partial charge in [-0.15, -0.1) is 0 Å². The summed E-state index contributed by atoms with van der Waals surface area (Å²) in [5.41, 5.74) is 2.71. The normalized spacial score (nSPS) is 14.2. The molecule has 3 N–H and O–H groups in total. The van der Waals surface area contributed by atoms with Crippen LogP contribution in [-0.4, -0.2) is 36.7 Å². The number of ether oxygens (including phenoxy) is 3. The van der Waals surface area contributed by atoms with Gasteiger partial charge in [-0.1, -0.05) is 18.1 Å². The molecule has 0 saturated heterocycles. The third-order valence-electron chi connectivity index (χ3n) is 5.92. The van der Waals surface area contributed by atoms with Gasteiger partial charge in [0.2, 0.25) is 0 Å². The lowest BCUT2D eigenvalue weighted by atomic mass is 10.1. The fourth-order valence-corrected chi connectivity index (χ4v) is 4.46. The number of methoxy groups -OCH3 is 3. The number of aromatic amines is 1. The molecule has 1 saturated carbocycles. The number of H-pyrrole nitrogens is 1. The zero-order chi connectivity index (χ0) is 23.0. The molecule has 1 aliphatic carbocycles. The van der Waals surface area contributed by atoms with Gasteiger partial charge in [-0.3, -0.25) is 5.10 Å². The molecule has 0 unspecified atom stereocenters. The topological polar surface area (TPSA) is 106 Å². The minimum Gasteiger partial charge on any atom is -0.495 e. The molecule has 1 aliphatic rings. The predicted octanol–water partition coefficient (Wildman–Crippen LogP) is 5.49. The summed E-state index contributed by atoms with van der Waals surface area (Å²) in [5, 5.41) is 15.8. The molecule has 5 rings (SSSR count). The molecule has 2 aromatic heterocycles. The second kappa shape index (κ2) is 8.43. The van der Waals surface area contributed by atoms with E-state index in [2.05, 4.69) is 32.3 Å². The van der Waals surface area contributed by atoms with Crippen LogP contribution in [0.3, 0.4) is 0 Å². The Morgan fingerprint density at radius 2 is 1.76 bits per heavy atom. The van der Waals surface area contributed by atoms with Crippen LogP contribution in [0.4, 0.5) is 17.3 Å². The van der Waals surface area contributed by atoms with Crippen LogP contribution in [0.25, 0.3) is 11.0 Å². The Balaban J connectivity index is 1.40. The molecule has 0 spiro atoms. The summed E-state index contributed by atoms with van der Waals surface area (Å²) in [5.74, 6) is 3.34. The highest BCUT2D eigenvalue weighted by atomic mass is 32.2. The average molecular weight is 468 g/mol. The molecule has 0 aliphatic heterocycles. The molecular formula is C23H25N5O4S. The maximum atomic E-state index is 5.63. The first-order valence-electron chi connectivity index (χ1n) is 10.5. The van der Waals surface area contributed by atoms with Gasteiger partial charge < -0.3 is 28.8 Å². The van der Waals surface area contributed by atoms with Crippen LogP contribution in [0, 0.1) is 0 Å². The van der Waals surface area contributed by atoms with E-state index in [0.29, 0.717) is 28.6 Å². The number of hydrogen-bond acceptors (Lipinski definition) is 9. The molecule has 1 fully saturated rings.